The predicted molar refractivity (Wildman–Crippen MR) is 171 cm³/mol. The van der Waals surface area contributed by atoms with E-state index in [9.17, 15) is 17.6 Å². The van der Waals surface area contributed by atoms with Crippen molar-refractivity contribution in [3.63, 3.8) is 0 Å². The van der Waals surface area contributed by atoms with E-state index in [4.69, 9.17) is 12.2 Å². The first-order valence-corrected chi connectivity index (χ1v) is 15.2. The fourth-order valence-corrected chi connectivity index (χ4v) is 6.22. The van der Waals surface area contributed by atoms with Crippen LogP contribution in [-0.4, -0.2) is 42.9 Å². The van der Waals surface area contributed by atoms with Crippen LogP contribution in [0.5, 0.6) is 5.75 Å². The highest BCUT2D eigenvalue weighted by atomic mass is 32.2. The molecule has 1 unspecified atom stereocenters. The van der Waals surface area contributed by atoms with Crippen LogP contribution in [0.1, 0.15) is 37.3 Å². The highest BCUT2D eigenvalue weighted by molar-refractivity contribution is 8.14. The van der Waals surface area contributed by atoms with Crippen molar-refractivity contribution in [3.05, 3.63) is 102 Å². The summed E-state index contributed by atoms with van der Waals surface area (Å²) in [6.07, 6.45) is -0.528. The molecule has 0 radical (unpaired) electrons. The SMILES string of the molecule is CC/C(=N\NC(=S)N=C1SCC2=CC(C)c3cc(F)ccc3N21)c1ccc(-c2ncn(-c3ccc(OC(F)(F)F)cc3)n2)cc1. The number of hydrazone groups is 1. The Bertz CT molecular complexity index is 1830. The number of nitrogens with zero attached hydrogens (tertiary/aromatic N) is 6. The number of halogens is 4. The number of alkyl halides is 3. The highest BCUT2D eigenvalue weighted by Crippen LogP contribution is 2.43. The van der Waals surface area contributed by atoms with Crippen molar-refractivity contribution < 1.29 is 22.3 Å². The molecule has 8 nitrogen and oxygen atoms in total. The summed E-state index contributed by atoms with van der Waals surface area (Å²) in [4.78, 5) is 11.0. The third-order valence-electron chi connectivity index (χ3n) is 7.11. The summed E-state index contributed by atoms with van der Waals surface area (Å²) >= 11 is 7.06. The van der Waals surface area contributed by atoms with E-state index in [0.29, 0.717) is 23.1 Å². The van der Waals surface area contributed by atoms with E-state index in [1.807, 2.05) is 43.0 Å². The van der Waals surface area contributed by atoms with Crippen LogP contribution in [0.15, 0.2) is 94.9 Å². The molecule has 6 rings (SSSR count). The van der Waals surface area contributed by atoms with Gasteiger partial charge in [0.2, 0.25) is 5.11 Å². The van der Waals surface area contributed by atoms with Gasteiger partial charge in [0.1, 0.15) is 17.9 Å². The Morgan fingerprint density at radius 3 is 2.58 bits per heavy atom. The van der Waals surface area contributed by atoms with Gasteiger partial charge < -0.3 is 4.74 Å². The number of aromatic nitrogens is 3. The summed E-state index contributed by atoms with van der Waals surface area (Å²) in [5.41, 5.74) is 8.70. The number of hydrogen-bond donors (Lipinski definition) is 1. The zero-order valence-electron chi connectivity index (χ0n) is 23.9. The van der Waals surface area contributed by atoms with Crippen molar-refractivity contribution in [2.75, 3.05) is 10.7 Å². The number of benzene rings is 3. The van der Waals surface area contributed by atoms with E-state index >= 15 is 0 Å². The monoisotopic (exact) mass is 651 g/mol. The first-order valence-electron chi connectivity index (χ1n) is 13.8. The van der Waals surface area contributed by atoms with Crippen molar-refractivity contribution in [3.8, 4) is 22.8 Å². The molecular formula is C31H25F4N7OS2. The zero-order chi connectivity index (χ0) is 31.7. The molecule has 14 heteroatoms. The number of allylic oxidation sites excluding steroid dienone is 1. The van der Waals surface area contributed by atoms with Crippen LogP contribution in [-0.2, 0) is 0 Å². The van der Waals surface area contributed by atoms with Crippen LogP contribution in [0.3, 0.4) is 0 Å². The molecule has 2 aliphatic rings. The Hall–Kier alpha value is -4.56. The molecule has 1 saturated heterocycles. The average Bonchev–Trinajstić information content (AvgIpc) is 3.65. The third kappa shape index (κ3) is 6.76. The lowest BCUT2D eigenvalue weighted by atomic mass is 9.94. The maximum atomic E-state index is 13.9. The van der Waals surface area contributed by atoms with Crippen molar-refractivity contribution in [1.82, 2.24) is 20.2 Å². The Balaban J connectivity index is 1.13. The topological polar surface area (TPSA) is 79.9 Å². The van der Waals surface area contributed by atoms with Gasteiger partial charge in [-0.25, -0.2) is 14.1 Å². The molecule has 3 heterocycles. The maximum Gasteiger partial charge on any atom is 0.573 e. The predicted octanol–water partition coefficient (Wildman–Crippen LogP) is 7.57. The van der Waals surface area contributed by atoms with Crippen LogP contribution in [0.25, 0.3) is 17.1 Å². The molecule has 0 saturated carbocycles. The smallest absolute Gasteiger partial charge is 0.406 e. The summed E-state index contributed by atoms with van der Waals surface area (Å²) in [6.45, 7) is 4.03. The number of nitrogens with one attached hydrogen (secondary N) is 1. The van der Waals surface area contributed by atoms with E-state index in [1.165, 1.54) is 41.3 Å². The molecule has 2 aliphatic heterocycles. The van der Waals surface area contributed by atoms with Gasteiger partial charge in [0.05, 0.1) is 17.1 Å². The normalized spacial score (nSPS) is 17.2. The minimum absolute atomic E-state index is 0.101. The molecular weight excluding hydrogens is 627 g/mol. The van der Waals surface area contributed by atoms with Crippen LogP contribution in [0.4, 0.5) is 23.2 Å². The van der Waals surface area contributed by atoms with Gasteiger partial charge in [-0.05, 0) is 72.2 Å². The summed E-state index contributed by atoms with van der Waals surface area (Å²) in [5.74, 6) is 0.703. The maximum absolute atomic E-state index is 13.9. The molecule has 0 bridgehead atoms. The molecule has 1 fully saturated rings. The fraction of sp³-hybridized carbons (Fsp3) is 0.194. The number of hydrogen-bond acceptors (Lipinski definition) is 6. The van der Waals surface area contributed by atoms with E-state index in [-0.39, 0.29) is 22.6 Å². The molecule has 1 N–H and O–H groups in total. The first-order chi connectivity index (χ1) is 21.6. The molecule has 45 heavy (non-hydrogen) atoms. The molecule has 0 spiro atoms. The lowest BCUT2D eigenvalue weighted by Gasteiger charge is -2.29. The molecule has 1 atom stereocenters. The van der Waals surface area contributed by atoms with E-state index < -0.39 is 6.36 Å². The fourth-order valence-electron chi connectivity index (χ4n) is 5.03. The van der Waals surface area contributed by atoms with Crippen molar-refractivity contribution in [1.29, 1.82) is 0 Å². The second-order valence-corrected chi connectivity index (χ2v) is 11.5. The minimum Gasteiger partial charge on any atom is -0.406 e. The van der Waals surface area contributed by atoms with Crippen LogP contribution in [0, 0.1) is 5.82 Å². The van der Waals surface area contributed by atoms with Gasteiger partial charge in [-0.2, -0.15) is 10.1 Å². The van der Waals surface area contributed by atoms with E-state index in [2.05, 4.69) is 36.4 Å². The minimum atomic E-state index is -4.76. The highest BCUT2D eigenvalue weighted by Gasteiger charge is 2.33. The quantitative estimate of drug-likeness (QED) is 0.0997. The lowest BCUT2D eigenvalue weighted by molar-refractivity contribution is -0.274. The van der Waals surface area contributed by atoms with Crippen LogP contribution < -0.4 is 15.1 Å². The van der Waals surface area contributed by atoms with E-state index in [0.717, 1.165) is 39.5 Å². The number of amidine groups is 1. The molecule has 1 aromatic heterocycles. The van der Waals surface area contributed by atoms with Gasteiger partial charge in [-0.1, -0.05) is 56.0 Å². The first kappa shape index (κ1) is 30.5. The average molecular weight is 652 g/mol. The van der Waals surface area contributed by atoms with Crippen LogP contribution >= 0.6 is 24.0 Å². The largest absolute Gasteiger partial charge is 0.573 e. The molecule has 0 amide bonds. The molecule has 230 valence electrons. The number of rotatable bonds is 6. The third-order valence-corrected chi connectivity index (χ3v) is 8.27. The Morgan fingerprint density at radius 1 is 1.11 bits per heavy atom. The number of ether oxygens (including phenoxy) is 1. The van der Waals surface area contributed by atoms with Gasteiger partial charge in [0.15, 0.2) is 11.0 Å². The summed E-state index contributed by atoms with van der Waals surface area (Å²) < 4.78 is 56.6. The second-order valence-electron chi connectivity index (χ2n) is 10.1. The summed E-state index contributed by atoms with van der Waals surface area (Å²) in [5, 5.41) is 9.87. The van der Waals surface area contributed by atoms with Crippen molar-refractivity contribution >= 4 is 45.7 Å². The summed E-state index contributed by atoms with van der Waals surface area (Å²) in [7, 11) is 0. The van der Waals surface area contributed by atoms with Crippen molar-refractivity contribution in [2.45, 2.75) is 32.5 Å². The van der Waals surface area contributed by atoms with Gasteiger partial charge >= 0.3 is 6.36 Å². The Labute approximate surface area is 265 Å². The molecule has 0 aliphatic carbocycles. The van der Waals surface area contributed by atoms with Gasteiger partial charge in [0, 0.05) is 22.9 Å². The lowest BCUT2D eigenvalue weighted by Crippen LogP contribution is -2.28. The van der Waals surface area contributed by atoms with Crippen molar-refractivity contribution in [2.24, 2.45) is 10.1 Å². The van der Waals surface area contributed by atoms with Gasteiger partial charge in [0.25, 0.3) is 0 Å². The second kappa shape index (κ2) is 12.4. The number of anilines is 1. The van der Waals surface area contributed by atoms with E-state index in [1.54, 1.807) is 23.9 Å². The standard InChI is InChI=1S/C31H25F4N7OS2/c1-3-26(38-39-29(44)37-30-42-23(16-45-30)14-18(2)25-15-21(32)8-13-27(25)42)19-4-6-20(7-5-19)28-36-17-41(40-28)22-9-11-24(12-10-22)43-31(33,34)35/h4-15,17-18H,3,16H2,1-2H3,(H,39,44)/b37-30?,38-26+. The molecule has 4 aromatic rings. The number of aliphatic imine (C=N–C) groups is 1. The number of thiocarbonyl (C=S) groups is 1. The molecule has 3 aromatic carbocycles. The van der Waals surface area contributed by atoms with Gasteiger partial charge in [-0.15, -0.1) is 18.3 Å². The number of fused-ring (bicyclic) bond motifs is 3. The van der Waals surface area contributed by atoms with Crippen LogP contribution in [0.2, 0.25) is 0 Å². The Morgan fingerprint density at radius 2 is 1.87 bits per heavy atom. The summed E-state index contributed by atoms with van der Waals surface area (Å²) in [6, 6.07) is 17.7. The zero-order valence-corrected chi connectivity index (χ0v) is 25.5. The van der Waals surface area contributed by atoms with Gasteiger partial charge in [-0.3, -0.25) is 10.3 Å². The number of thioether (sulfide) groups is 1. The Kier molecular flexibility index (Phi) is 8.42.